The zero-order valence-electron chi connectivity index (χ0n) is 9.34. The molecule has 0 aliphatic carbocycles. The summed E-state index contributed by atoms with van der Waals surface area (Å²) in [6.07, 6.45) is -0.234. The molecular formula is C8H15NO7S. The number of esters is 1. The second-order valence-electron chi connectivity index (χ2n) is 2.99. The summed E-state index contributed by atoms with van der Waals surface area (Å²) >= 11 is 0. The van der Waals surface area contributed by atoms with Gasteiger partial charge in [0, 0.05) is 6.54 Å². The second-order valence-corrected chi connectivity index (χ2v) is 4.91. The fourth-order valence-corrected chi connectivity index (χ4v) is 1.79. The van der Waals surface area contributed by atoms with Crippen molar-refractivity contribution in [2.45, 2.75) is 6.42 Å². The molecule has 8 nitrogen and oxygen atoms in total. The van der Waals surface area contributed by atoms with Crippen molar-refractivity contribution >= 4 is 22.0 Å². The predicted molar refractivity (Wildman–Crippen MR) is 56.9 cm³/mol. The van der Waals surface area contributed by atoms with E-state index in [4.69, 9.17) is 5.11 Å². The highest BCUT2D eigenvalue weighted by Gasteiger charge is 2.12. The minimum atomic E-state index is -3.57. The van der Waals surface area contributed by atoms with Crippen LogP contribution in [0.2, 0.25) is 0 Å². The number of sulfonamides is 1. The molecule has 2 N–H and O–H groups in total. The maximum Gasteiger partial charge on any atom is 0.329 e. The number of methoxy groups -OCH3 is 1. The van der Waals surface area contributed by atoms with Gasteiger partial charge in [-0.05, 0) is 0 Å². The van der Waals surface area contributed by atoms with Crippen LogP contribution in [0.5, 0.6) is 0 Å². The molecule has 0 fully saturated rings. The molecule has 100 valence electrons. The van der Waals surface area contributed by atoms with Crippen LogP contribution >= 0.6 is 0 Å². The van der Waals surface area contributed by atoms with Crippen LogP contribution in [0.1, 0.15) is 6.42 Å². The average Bonchev–Trinajstić information content (AvgIpc) is 2.25. The van der Waals surface area contributed by atoms with E-state index in [2.05, 4.69) is 14.2 Å². The van der Waals surface area contributed by atoms with Gasteiger partial charge in [0.1, 0.15) is 6.61 Å². The molecular weight excluding hydrogens is 254 g/mol. The summed E-state index contributed by atoms with van der Waals surface area (Å²) < 4.78 is 33.6. The molecule has 0 spiro atoms. The molecule has 0 saturated heterocycles. The van der Waals surface area contributed by atoms with Crippen LogP contribution in [0, 0.1) is 0 Å². The van der Waals surface area contributed by atoms with Gasteiger partial charge in [-0.1, -0.05) is 0 Å². The lowest BCUT2D eigenvalue weighted by atomic mass is 10.5. The van der Waals surface area contributed by atoms with Crippen molar-refractivity contribution < 1.29 is 32.6 Å². The summed E-state index contributed by atoms with van der Waals surface area (Å²) in [5, 5.41) is 8.23. The van der Waals surface area contributed by atoms with Gasteiger partial charge in [0.25, 0.3) is 0 Å². The number of carboxylic acids is 1. The number of aliphatic carboxylic acids is 1. The molecule has 9 heteroatoms. The summed E-state index contributed by atoms with van der Waals surface area (Å²) in [7, 11) is -2.40. The maximum absolute atomic E-state index is 11.3. The molecule has 0 aliphatic heterocycles. The molecule has 0 rings (SSSR count). The van der Waals surface area contributed by atoms with Crippen molar-refractivity contribution in [3.63, 3.8) is 0 Å². The van der Waals surface area contributed by atoms with E-state index in [0.29, 0.717) is 0 Å². The van der Waals surface area contributed by atoms with Gasteiger partial charge in [-0.3, -0.25) is 4.79 Å². The third kappa shape index (κ3) is 9.72. The zero-order chi connectivity index (χ0) is 13.3. The fraction of sp³-hybridized carbons (Fsp3) is 0.750. The standard InChI is InChI=1S/C8H15NO7S/c1-15-8(12)2-5-17(13,14)9-3-4-16-6-7(10)11/h9H,2-6H2,1H3,(H,10,11). The van der Waals surface area contributed by atoms with Crippen LogP contribution in [0.15, 0.2) is 0 Å². The molecule has 0 atom stereocenters. The second kappa shape index (κ2) is 7.98. The lowest BCUT2D eigenvalue weighted by molar-refractivity contribution is -0.142. The Morgan fingerprint density at radius 2 is 2.00 bits per heavy atom. The van der Waals surface area contributed by atoms with Gasteiger partial charge in [0.15, 0.2) is 0 Å². The minimum absolute atomic E-state index is 0.0449. The number of ether oxygens (including phenoxy) is 2. The lowest BCUT2D eigenvalue weighted by Gasteiger charge is -2.05. The molecule has 0 aromatic rings. The summed E-state index contributed by atoms with van der Waals surface area (Å²) in [4.78, 5) is 20.8. The highest BCUT2D eigenvalue weighted by Crippen LogP contribution is 1.91. The Balaban J connectivity index is 3.71. The van der Waals surface area contributed by atoms with Gasteiger partial charge >= 0.3 is 11.9 Å². The molecule has 0 unspecified atom stereocenters. The van der Waals surface area contributed by atoms with Gasteiger partial charge in [-0.2, -0.15) is 0 Å². The molecule has 0 saturated carbocycles. The summed E-state index contributed by atoms with van der Waals surface area (Å²) in [6, 6.07) is 0. The van der Waals surface area contributed by atoms with Crippen LogP contribution in [0.4, 0.5) is 0 Å². The molecule has 0 aromatic carbocycles. The molecule has 0 bridgehead atoms. The van der Waals surface area contributed by atoms with E-state index in [1.54, 1.807) is 0 Å². The number of rotatable bonds is 9. The monoisotopic (exact) mass is 269 g/mol. The van der Waals surface area contributed by atoms with E-state index in [-0.39, 0.29) is 25.3 Å². The Bertz CT molecular complexity index is 351. The van der Waals surface area contributed by atoms with Crippen LogP contribution < -0.4 is 4.72 Å². The topological polar surface area (TPSA) is 119 Å². The molecule has 0 amide bonds. The van der Waals surface area contributed by atoms with Crippen molar-refractivity contribution in [3.05, 3.63) is 0 Å². The van der Waals surface area contributed by atoms with Crippen molar-refractivity contribution in [1.82, 2.24) is 4.72 Å². The Kier molecular flexibility index (Phi) is 7.42. The van der Waals surface area contributed by atoms with Gasteiger partial charge in [0.2, 0.25) is 10.0 Å². The Labute approximate surface area is 98.9 Å². The number of carboxylic acid groups (broad SMARTS) is 1. The first kappa shape index (κ1) is 15.8. The number of carbonyl (C=O) groups excluding carboxylic acids is 1. The van der Waals surface area contributed by atoms with E-state index >= 15 is 0 Å². The predicted octanol–water partition coefficient (Wildman–Crippen LogP) is -1.43. The highest BCUT2D eigenvalue weighted by molar-refractivity contribution is 7.89. The van der Waals surface area contributed by atoms with Crippen LogP contribution in [-0.2, 0) is 29.1 Å². The van der Waals surface area contributed by atoms with Gasteiger partial charge < -0.3 is 14.6 Å². The molecule has 0 radical (unpaired) electrons. The smallest absolute Gasteiger partial charge is 0.329 e. The lowest BCUT2D eigenvalue weighted by Crippen LogP contribution is -2.31. The molecule has 0 heterocycles. The SMILES string of the molecule is COC(=O)CCS(=O)(=O)NCCOCC(=O)O. The largest absolute Gasteiger partial charge is 0.480 e. The number of nitrogens with one attached hydrogen (secondary N) is 1. The fourth-order valence-electron chi connectivity index (χ4n) is 0.821. The van der Waals surface area contributed by atoms with Gasteiger partial charge in [-0.25, -0.2) is 17.9 Å². The molecule has 0 aromatic heterocycles. The highest BCUT2D eigenvalue weighted by atomic mass is 32.2. The number of carbonyl (C=O) groups is 2. The van der Waals surface area contributed by atoms with Crippen LogP contribution in [0.25, 0.3) is 0 Å². The zero-order valence-corrected chi connectivity index (χ0v) is 10.2. The van der Waals surface area contributed by atoms with Crippen molar-refractivity contribution in [2.24, 2.45) is 0 Å². The number of hydrogen-bond donors (Lipinski definition) is 2. The molecule has 17 heavy (non-hydrogen) atoms. The van der Waals surface area contributed by atoms with Crippen molar-refractivity contribution in [2.75, 3.05) is 32.6 Å². The normalized spacial score (nSPS) is 11.1. The first-order chi connectivity index (χ1) is 7.87. The summed E-state index contributed by atoms with van der Waals surface area (Å²) in [5.74, 6) is -2.12. The average molecular weight is 269 g/mol. The third-order valence-electron chi connectivity index (χ3n) is 1.60. The van der Waals surface area contributed by atoms with Crippen LogP contribution in [0.3, 0.4) is 0 Å². The summed E-state index contributed by atoms with van der Waals surface area (Å²) in [6.45, 7) is -0.579. The van der Waals surface area contributed by atoms with E-state index in [9.17, 15) is 18.0 Å². The van der Waals surface area contributed by atoms with E-state index in [1.807, 2.05) is 0 Å². The number of hydrogen-bond acceptors (Lipinski definition) is 6. The Morgan fingerprint density at radius 3 is 2.53 bits per heavy atom. The first-order valence-electron chi connectivity index (χ1n) is 4.71. The minimum Gasteiger partial charge on any atom is -0.480 e. The summed E-state index contributed by atoms with van der Waals surface area (Å²) in [5.41, 5.74) is 0. The Hall–Kier alpha value is -1.19. The maximum atomic E-state index is 11.3. The Morgan fingerprint density at radius 1 is 1.35 bits per heavy atom. The van der Waals surface area contributed by atoms with Crippen molar-refractivity contribution in [3.8, 4) is 0 Å². The first-order valence-corrected chi connectivity index (χ1v) is 6.36. The third-order valence-corrected chi connectivity index (χ3v) is 2.98. The van der Waals surface area contributed by atoms with Gasteiger partial charge in [0.05, 0.1) is 25.9 Å². The van der Waals surface area contributed by atoms with E-state index < -0.39 is 28.6 Å². The van der Waals surface area contributed by atoms with Crippen LogP contribution in [-0.4, -0.2) is 58.1 Å². The molecule has 0 aliphatic rings. The quantitative estimate of drug-likeness (QED) is 0.389. The van der Waals surface area contributed by atoms with Gasteiger partial charge in [-0.15, -0.1) is 0 Å². The van der Waals surface area contributed by atoms with E-state index in [1.165, 1.54) is 7.11 Å². The van der Waals surface area contributed by atoms with Crippen molar-refractivity contribution in [1.29, 1.82) is 0 Å². The van der Waals surface area contributed by atoms with E-state index in [0.717, 1.165) is 0 Å².